The Morgan fingerprint density at radius 3 is 2.85 bits per heavy atom. The molecule has 20 heavy (non-hydrogen) atoms. The Hall–Kier alpha value is -0.980. The summed E-state index contributed by atoms with van der Waals surface area (Å²) < 4.78 is 1.57. The largest absolute Gasteiger partial charge is 0.396 e. The Kier molecular flexibility index (Phi) is 7.12. The third-order valence-corrected chi connectivity index (χ3v) is 3.97. The summed E-state index contributed by atoms with van der Waals surface area (Å²) in [7, 11) is 1.75. The van der Waals surface area contributed by atoms with Gasteiger partial charge in [-0.3, -0.25) is 9.48 Å². The molecule has 1 rings (SSSR count). The maximum Gasteiger partial charge on any atom is 0.244 e. The third kappa shape index (κ3) is 4.85. The SMILES string of the molecule is CSCC(CCO)NC(=O)/C=C/c1c(C)nn(C)c1Cl. The molecule has 0 aliphatic heterocycles. The summed E-state index contributed by atoms with van der Waals surface area (Å²) in [6.07, 6.45) is 5.62. The fraction of sp³-hybridized carbons (Fsp3) is 0.538. The normalized spacial score (nSPS) is 12.8. The molecule has 1 unspecified atom stereocenters. The van der Waals surface area contributed by atoms with Crippen LogP contribution in [0.3, 0.4) is 0 Å². The van der Waals surface area contributed by atoms with Gasteiger partial charge in [-0.25, -0.2) is 0 Å². The molecular weight excluding hydrogens is 298 g/mol. The summed E-state index contributed by atoms with van der Waals surface area (Å²) in [4.78, 5) is 11.8. The molecular formula is C13H20ClN3O2S. The van der Waals surface area contributed by atoms with Gasteiger partial charge in [0.15, 0.2) is 0 Å². The Morgan fingerprint density at radius 2 is 2.35 bits per heavy atom. The van der Waals surface area contributed by atoms with Crippen molar-refractivity contribution in [1.29, 1.82) is 0 Å². The van der Waals surface area contributed by atoms with Crippen LogP contribution in [-0.4, -0.2) is 45.5 Å². The van der Waals surface area contributed by atoms with E-state index in [4.69, 9.17) is 16.7 Å². The zero-order chi connectivity index (χ0) is 15.1. The minimum Gasteiger partial charge on any atom is -0.396 e. The van der Waals surface area contributed by atoms with Crippen LogP contribution in [0.2, 0.25) is 5.15 Å². The number of nitrogens with one attached hydrogen (secondary N) is 1. The number of carbonyl (C=O) groups is 1. The van der Waals surface area contributed by atoms with Gasteiger partial charge in [-0.1, -0.05) is 11.6 Å². The maximum atomic E-state index is 11.8. The minimum atomic E-state index is -0.197. The van der Waals surface area contributed by atoms with Crippen molar-refractivity contribution in [3.8, 4) is 0 Å². The Balaban J connectivity index is 2.67. The molecule has 1 heterocycles. The first-order valence-electron chi connectivity index (χ1n) is 6.27. The Labute approximate surface area is 128 Å². The fourth-order valence-corrected chi connectivity index (χ4v) is 2.69. The third-order valence-electron chi connectivity index (χ3n) is 2.79. The van der Waals surface area contributed by atoms with Crippen LogP contribution in [0.25, 0.3) is 6.08 Å². The van der Waals surface area contributed by atoms with Crippen LogP contribution in [0.4, 0.5) is 0 Å². The highest BCUT2D eigenvalue weighted by Gasteiger charge is 2.11. The van der Waals surface area contributed by atoms with Crippen molar-refractivity contribution >= 4 is 35.3 Å². The van der Waals surface area contributed by atoms with Crippen molar-refractivity contribution in [2.45, 2.75) is 19.4 Å². The van der Waals surface area contributed by atoms with Gasteiger partial charge in [0.05, 0.1) is 5.69 Å². The van der Waals surface area contributed by atoms with Gasteiger partial charge < -0.3 is 10.4 Å². The zero-order valence-corrected chi connectivity index (χ0v) is 13.5. The number of aromatic nitrogens is 2. The number of thioether (sulfide) groups is 1. The number of aliphatic hydroxyl groups excluding tert-OH is 1. The second-order valence-corrected chi connectivity index (χ2v) is 5.69. The second kappa shape index (κ2) is 8.34. The highest BCUT2D eigenvalue weighted by Crippen LogP contribution is 2.19. The van der Waals surface area contributed by atoms with Crippen molar-refractivity contribution in [2.24, 2.45) is 7.05 Å². The van der Waals surface area contributed by atoms with E-state index in [1.54, 1.807) is 29.6 Å². The lowest BCUT2D eigenvalue weighted by Gasteiger charge is -2.15. The van der Waals surface area contributed by atoms with Crippen LogP contribution >= 0.6 is 23.4 Å². The van der Waals surface area contributed by atoms with Gasteiger partial charge >= 0.3 is 0 Å². The van der Waals surface area contributed by atoms with Gasteiger partial charge in [-0.15, -0.1) is 0 Å². The Morgan fingerprint density at radius 1 is 1.65 bits per heavy atom. The second-order valence-electron chi connectivity index (χ2n) is 4.42. The molecule has 5 nitrogen and oxygen atoms in total. The number of halogens is 1. The van der Waals surface area contributed by atoms with Crippen LogP contribution < -0.4 is 5.32 Å². The number of amides is 1. The lowest BCUT2D eigenvalue weighted by atomic mass is 10.2. The van der Waals surface area contributed by atoms with Gasteiger partial charge in [0.1, 0.15) is 5.15 Å². The van der Waals surface area contributed by atoms with E-state index in [2.05, 4.69) is 10.4 Å². The predicted octanol–water partition coefficient (Wildman–Crippen LogP) is 1.63. The van der Waals surface area contributed by atoms with E-state index < -0.39 is 0 Å². The minimum absolute atomic E-state index is 0.0300. The van der Waals surface area contributed by atoms with Crippen molar-refractivity contribution in [3.05, 3.63) is 22.5 Å². The van der Waals surface area contributed by atoms with E-state index in [1.165, 1.54) is 6.08 Å². The number of rotatable bonds is 7. The monoisotopic (exact) mass is 317 g/mol. The number of aryl methyl sites for hydroxylation is 2. The standard InChI is InChI=1S/C13H20ClN3O2S/c1-9-11(13(14)17(2)16-9)4-5-12(19)15-10(6-7-18)8-20-3/h4-5,10,18H,6-8H2,1-3H3,(H,15,19)/b5-4+. The van der Waals surface area contributed by atoms with Crippen LogP contribution in [0.1, 0.15) is 17.7 Å². The van der Waals surface area contributed by atoms with Gasteiger partial charge in [0, 0.05) is 37.1 Å². The fourth-order valence-electron chi connectivity index (χ4n) is 1.80. The highest BCUT2D eigenvalue weighted by molar-refractivity contribution is 7.98. The van der Waals surface area contributed by atoms with Gasteiger partial charge in [0.2, 0.25) is 5.91 Å². The molecule has 0 radical (unpaired) electrons. The summed E-state index contributed by atoms with van der Waals surface area (Å²) in [6.45, 7) is 1.90. The predicted molar refractivity (Wildman–Crippen MR) is 84.0 cm³/mol. The van der Waals surface area contributed by atoms with Crippen molar-refractivity contribution in [1.82, 2.24) is 15.1 Å². The molecule has 112 valence electrons. The van der Waals surface area contributed by atoms with E-state index in [0.717, 1.165) is 17.0 Å². The molecule has 1 aromatic heterocycles. The number of hydrogen-bond donors (Lipinski definition) is 2. The summed E-state index contributed by atoms with van der Waals surface area (Å²) in [6, 6.07) is -0.0300. The molecule has 1 atom stereocenters. The first-order valence-corrected chi connectivity index (χ1v) is 8.04. The molecule has 2 N–H and O–H groups in total. The van der Waals surface area contributed by atoms with Crippen LogP contribution in [0.15, 0.2) is 6.08 Å². The molecule has 1 aromatic rings. The summed E-state index contributed by atoms with van der Waals surface area (Å²) in [5, 5.41) is 16.5. The van der Waals surface area contributed by atoms with E-state index in [0.29, 0.717) is 11.6 Å². The van der Waals surface area contributed by atoms with Gasteiger partial charge in [-0.2, -0.15) is 16.9 Å². The number of aliphatic hydroxyl groups is 1. The molecule has 0 aromatic carbocycles. The molecule has 7 heteroatoms. The van der Waals surface area contributed by atoms with Crippen molar-refractivity contribution in [2.75, 3.05) is 18.6 Å². The van der Waals surface area contributed by atoms with E-state index in [1.807, 2.05) is 13.2 Å². The lowest BCUT2D eigenvalue weighted by molar-refractivity contribution is -0.117. The first-order chi connectivity index (χ1) is 9.49. The smallest absolute Gasteiger partial charge is 0.244 e. The molecule has 0 aliphatic carbocycles. The number of carbonyl (C=O) groups excluding carboxylic acids is 1. The topological polar surface area (TPSA) is 67.2 Å². The average molecular weight is 318 g/mol. The van der Waals surface area contributed by atoms with E-state index in [-0.39, 0.29) is 18.6 Å². The summed E-state index contributed by atoms with van der Waals surface area (Å²) >= 11 is 7.71. The molecule has 0 aliphatic rings. The molecule has 0 bridgehead atoms. The molecule has 0 fully saturated rings. The maximum absolute atomic E-state index is 11.8. The molecule has 0 saturated heterocycles. The molecule has 0 spiro atoms. The summed E-state index contributed by atoms with van der Waals surface area (Å²) in [5.41, 5.74) is 1.52. The quantitative estimate of drug-likeness (QED) is 0.750. The average Bonchev–Trinajstić information content (AvgIpc) is 2.62. The van der Waals surface area contributed by atoms with Crippen molar-refractivity contribution < 1.29 is 9.90 Å². The van der Waals surface area contributed by atoms with E-state index >= 15 is 0 Å². The van der Waals surface area contributed by atoms with Gasteiger partial charge in [-0.05, 0) is 25.7 Å². The summed E-state index contributed by atoms with van der Waals surface area (Å²) in [5.74, 6) is 0.573. The van der Waals surface area contributed by atoms with Crippen LogP contribution in [-0.2, 0) is 11.8 Å². The molecule has 1 amide bonds. The van der Waals surface area contributed by atoms with Crippen LogP contribution in [0, 0.1) is 6.92 Å². The Bertz CT molecular complexity index is 482. The highest BCUT2D eigenvalue weighted by atomic mass is 35.5. The first kappa shape index (κ1) is 17.1. The van der Waals surface area contributed by atoms with Crippen molar-refractivity contribution in [3.63, 3.8) is 0 Å². The van der Waals surface area contributed by atoms with Gasteiger partial charge in [0.25, 0.3) is 0 Å². The lowest BCUT2D eigenvalue weighted by Crippen LogP contribution is -2.36. The van der Waals surface area contributed by atoms with E-state index in [9.17, 15) is 4.79 Å². The molecule has 0 saturated carbocycles. The zero-order valence-electron chi connectivity index (χ0n) is 11.9. The number of hydrogen-bond acceptors (Lipinski definition) is 4. The number of nitrogens with zero attached hydrogens (tertiary/aromatic N) is 2. The van der Waals surface area contributed by atoms with Crippen LogP contribution in [0.5, 0.6) is 0 Å².